The molecule has 0 unspecified atom stereocenters. The highest BCUT2D eigenvalue weighted by molar-refractivity contribution is 6.35. The minimum atomic E-state index is -0.506. The van der Waals surface area contributed by atoms with Crippen LogP contribution < -0.4 is 10.9 Å². The Morgan fingerprint density at radius 1 is 0.818 bits per heavy atom. The van der Waals surface area contributed by atoms with Crippen LogP contribution in [0.5, 0.6) is 0 Å². The summed E-state index contributed by atoms with van der Waals surface area (Å²) in [6.07, 6.45) is 0.119. The number of benzene rings is 2. The lowest BCUT2D eigenvalue weighted by Crippen LogP contribution is -2.42. The molecule has 0 saturated heterocycles. The summed E-state index contributed by atoms with van der Waals surface area (Å²) in [4.78, 5) is 23.6. The highest BCUT2D eigenvalue weighted by Gasteiger charge is 2.09. The maximum absolute atomic E-state index is 11.9. The maximum atomic E-state index is 11.9. The third-order valence-electron chi connectivity index (χ3n) is 2.72. The Kier molecular flexibility index (Phi) is 5.66. The van der Waals surface area contributed by atoms with Crippen molar-refractivity contribution in [2.75, 3.05) is 0 Å². The molecule has 0 aliphatic rings. The van der Waals surface area contributed by atoms with Gasteiger partial charge in [-0.3, -0.25) is 20.4 Å². The van der Waals surface area contributed by atoms with Crippen LogP contribution in [0.4, 0.5) is 0 Å². The number of hydrogen-bond acceptors (Lipinski definition) is 2. The molecule has 2 aromatic carbocycles. The summed E-state index contributed by atoms with van der Waals surface area (Å²) in [6, 6.07) is 11.3. The molecule has 7 heteroatoms. The zero-order chi connectivity index (χ0) is 16.1. The lowest BCUT2D eigenvalue weighted by Gasteiger charge is -2.08. The van der Waals surface area contributed by atoms with Gasteiger partial charge in [-0.25, -0.2) is 0 Å². The molecule has 0 spiro atoms. The second-order valence-electron chi connectivity index (χ2n) is 4.46. The van der Waals surface area contributed by atoms with Crippen molar-refractivity contribution in [1.82, 2.24) is 10.9 Å². The first kappa shape index (κ1) is 16.6. The summed E-state index contributed by atoms with van der Waals surface area (Å²) in [5.41, 5.74) is 5.66. The number of nitrogens with one attached hydrogen (secondary N) is 2. The first-order valence-electron chi connectivity index (χ1n) is 6.24. The molecule has 2 amide bonds. The number of amides is 2. The van der Waals surface area contributed by atoms with Crippen molar-refractivity contribution in [2.45, 2.75) is 6.42 Å². The molecule has 114 valence electrons. The topological polar surface area (TPSA) is 58.2 Å². The predicted molar refractivity (Wildman–Crippen MR) is 87.2 cm³/mol. The number of carbonyl (C=O) groups excluding carboxylic acids is 2. The number of carbonyl (C=O) groups is 2. The number of hydrazine groups is 1. The summed E-state index contributed by atoms with van der Waals surface area (Å²) >= 11 is 17.4. The monoisotopic (exact) mass is 356 g/mol. The van der Waals surface area contributed by atoms with E-state index in [1.807, 2.05) is 0 Å². The van der Waals surface area contributed by atoms with E-state index in [0.717, 1.165) is 5.56 Å². The van der Waals surface area contributed by atoms with Gasteiger partial charge in [0.2, 0.25) is 5.91 Å². The Bertz CT molecular complexity index is 682. The van der Waals surface area contributed by atoms with Crippen LogP contribution in [0.15, 0.2) is 42.5 Å². The standard InChI is InChI=1S/C15H11Cl3N2O2/c16-11-3-1-9(2-4-11)5-14(21)19-20-15(22)10-6-12(17)8-13(18)7-10/h1-4,6-8H,5H2,(H,19,21)(H,20,22). The van der Waals surface area contributed by atoms with E-state index < -0.39 is 5.91 Å². The molecular formula is C15H11Cl3N2O2. The van der Waals surface area contributed by atoms with Crippen molar-refractivity contribution in [3.63, 3.8) is 0 Å². The molecule has 2 N–H and O–H groups in total. The molecule has 0 saturated carbocycles. The highest BCUT2D eigenvalue weighted by Crippen LogP contribution is 2.18. The molecule has 22 heavy (non-hydrogen) atoms. The maximum Gasteiger partial charge on any atom is 0.269 e. The molecule has 0 radical (unpaired) electrons. The Morgan fingerprint density at radius 2 is 1.41 bits per heavy atom. The minimum Gasteiger partial charge on any atom is -0.273 e. The summed E-state index contributed by atoms with van der Waals surface area (Å²) in [5.74, 6) is -0.863. The zero-order valence-electron chi connectivity index (χ0n) is 11.2. The smallest absolute Gasteiger partial charge is 0.269 e. The molecule has 0 aliphatic carbocycles. The van der Waals surface area contributed by atoms with Gasteiger partial charge in [-0.15, -0.1) is 0 Å². The highest BCUT2D eigenvalue weighted by atomic mass is 35.5. The molecule has 0 bridgehead atoms. The van der Waals surface area contributed by atoms with Gasteiger partial charge < -0.3 is 0 Å². The molecule has 0 atom stereocenters. The summed E-state index contributed by atoms with van der Waals surface area (Å²) < 4.78 is 0. The van der Waals surface area contributed by atoms with Crippen LogP contribution in [0.1, 0.15) is 15.9 Å². The van der Waals surface area contributed by atoms with Crippen molar-refractivity contribution in [3.05, 3.63) is 68.7 Å². The fourth-order valence-electron chi connectivity index (χ4n) is 1.72. The molecule has 0 fully saturated rings. The van der Waals surface area contributed by atoms with Crippen LogP contribution in [0, 0.1) is 0 Å². The van der Waals surface area contributed by atoms with Gasteiger partial charge in [0.1, 0.15) is 0 Å². The average Bonchev–Trinajstić information content (AvgIpc) is 2.46. The van der Waals surface area contributed by atoms with Gasteiger partial charge >= 0.3 is 0 Å². The number of rotatable bonds is 3. The fraction of sp³-hybridized carbons (Fsp3) is 0.0667. The van der Waals surface area contributed by atoms with Gasteiger partial charge in [-0.2, -0.15) is 0 Å². The van der Waals surface area contributed by atoms with Crippen molar-refractivity contribution < 1.29 is 9.59 Å². The van der Waals surface area contributed by atoms with Crippen molar-refractivity contribution in [1.29, 1.82) is 0 Å². The molecule has 0 aromatic heterocycles. The molecule has 4 nitrogen and oxygen atoms in total. The second-order valence-corrected chi connectivity index (χ2v) is 5.77. The molecular weight excluding hydrogens is 347 g/mol. The van der Waals surface area contributed by atoms with Crippen LogP contribution >= 0.6 is 34.8 Å². The van der Waals surface area contributed by atoms with Gasteiger partial charge in [-0.1, -0.05) is 46.9 Å². The minimum absolute atomic E-state index is 0.119. The van der Waals surface area contributed by atoms with Crippen LogP contribution in [0.2, 0.25) is 15.1 Å². The second kappa shape index (κ2) is 7.49. The quantitative estimate of drug-likeness (QED) is 0.824. The lowest BCUT2D eigenvalue weighted by molar-refractivity contribution is -0.121. The summed E-state index contributed by atoms with van der Waals surface area (Å²) in [5, 5.41) is 1.27. The third-order valence-corrected chi connectivity index (χ3v) is 3.41. The molecule has 2 rings (SSSR count). The summed E-state index contributed by atoms with van der Waals surface area (Å²) in [7, 11) is 0. The number of hydrogen-bond donors (Lipinski definition) is 2. The molecule has 0 heterocycles. The normalized spacial score (nSPS) is 10.1. The van der Waals surface area contributed by atoms with E-state index in [9.17, 15) is 9.59 Å². The van der Waals surface area contributed by atoms with Crippen LogP contribution in [-0.2, 0) is 11.2 Å². The SMILES string of the molecule is O=C(Cc1ccc(Cl)cc1)NNC(=O)c1cc(Cl)cc(Cl)c1. The fourth-order valence-corrected chi connectivity index (χ4v) is 2.37. The van der Waals surface area contributed by atoms with Gasteiger partial charge in [-0.05, 0) is 35.9 Å². The zero-order valence-corrected chi connectivity index (χ0v) is 13.5. The number of halogens is 3. The Labute approximate surface area is 142 Å². The Balaban J connectivity index is 1.90. The van der Waals surface area contributed by atoms with Gasteiger partial charge in [0, 0.05) is 20.6 Å². The first-order chi connectivity index (χ1) is 10.4. The predicted octanol–water partition coefficient (Wildman–Crippen LogP) is 3.65. The lowest BCUT2D eigenvalue weighted by atomic mass is 10.1. The van der Waals surface area contributed by atoms with Gasteiger partial charge in [0.15, 0.2) is 0 Å². The van der Waals surface area contributed by atoms with Crippen LogP contribution in [0.25, 0.3) is 0 Å². The average molecular weight is 358 g/mol. The third kappa shape index (κ3) is 4.91. The Hall–Kier alpha value is -1.75. The van der Waals surface area contributed by atoms with Crippen molar-refractivity contribution >= 4 is 46.6 Å². The van der Waals surface area contributed by atoms with E-state index in [4.69, 9.17) is 34.8 Å². The van der Waals surface area contributed by atoms with E-state index in [-0.39, 0.29) is 17.9 Å². The van der Waals surface area contributed by atoms with Gasteiger partial charge in [0.05, 0.1) is 6.42 Å². The van der Waals surface area contributed by atoms with Crippen LogP contribution in [0.3, 0.4) is 0 Å². The van der Waals surface area contributed by atoms with Crippen LogP contribution in [-0.4, -0.2) is 11.8 Å². The molecule has 0 aliphatic heterocycles. The van der Waals surface area contributed by atoms with E-state index in [0.29, 0.717) is 15.1 Å². The van der Waals surface area contributed by atoms with E-state index in [1.54, 1.807) is 24.3 Å². The van der Waals surface area contributed by atoms with E-state index in [2.05, 4.69) is 10.9 Å². The van der Waals surface area contributed by atoms with Gasteiger partial charge in [0.25, 0.3) is 5.91 Å². The van der Waals surface area contributed by atoms with E-state index >= 15 is 0 Å². The Morgan fingerprint density at radius 3 is 2.00 bits per heavy atom. The first-order valence-corrected chi connectivity index (χ1v) is 7.37. The largest absolute Gasteiger partial charge is 0.273 e. The van der Waals surface area contributed by atoms with Crippen molar-refractivity contribution in [3.8, 4) is 0 Å². The molecule has 2 aromatic rings. The summed E-state index contributed by atoms with van der Waals surface area (Å²) in [6.45, 7) is 0. The van der Waals surface area contributed by atoms with E-state index in [1.165, 1.54) is 18.2 Å². The van der Waals surface area contributed by atoms with Crippen molar-refractivity contribution in [2.24, 2.45) is 0 Å².